The Morgan fingerprint density at radius 1 is 1.33 bits per heavy atom. The van der Waals surface area contributed by atoms with Gasteiger partial charge in [0.1, 0.15) is 12.2 Å². The smallest absolute Gasteiger partial charge is 0.407 e. The van der Waals surface area contributed by atoms with Crippen LogP contribution in [-0.4, -0.2) is 46.6 Å². The zero-order chi connectivity index (χ0) is 20.3. The molecule has 0 aliphatic rings. The lowest BCUT2D eigenvalue weighted by Gasteiger charge is -2.32. The van der Waals surface area contributed by atoms with Crippen molar-refractivity contribution in [3.05, 3.63) is 35.9 Å². The number of nitrogens with one attached hydrogen (secondary N) is 1. The fourth-order valence-corrected chi connectivity index (χ4v) is 2.14. The number of nitrogens with zero attached hydrogens (tertiary/aromatic N) is 2. The average molecular weight is 379 g/mol. The van der Waals surface area contributed by atoms with Crippen LogP contribution < -0.4 is 5.32 Å². The Kier molecular flexibility index (Phi) is 8.98. The maximum atomic E-state index is 11.8. The number of carboxylic acid groups (broad SMARTS) is 1. The predicted molar refractivity (Wildman–Crippen MR) is 96.1 cm³/mol. The molecule has 1 rings (SSSR count). The van der Waals surface area contributed by atoms with E-state index in [1.54, 1.807) is 20.8 Å². The van der Waals surface area contributed by atoms with Crippen molar-refractivity contribution in [3.8, 4) is 0 Å². The number of isocyanates is 1. The van der Waals surface area contributed by atoms with Crippen LogP contribution in [0, 0.1) is 0 Å². The number of alkyl carbamates (subject to hydrolysis) is 1. The van der Waals surface area contributed by atoms with Gasteiger partial charge in [0.15, 0.2) is 6.04 Å². The van der Waals surface area contributed by atoms with Crippen molar-refractivity contribution in [2.45, 2.75) is 51.9 Å². The summed E-state index contributed by atoms with van der Waals surface area (Å²) >= 11 is 0. The molecule has 0 heterocycles. The third-order valence-corrected chi connectivity index (χ3v) is 3.47. The van der Waals surface area contributed by atoms with E-state index in [1.165, 1.54) is 6.08 Å². The Morgan fingerprint density at radius 2 is 2.00 bits per heavy atom. The molecule has 27 heavy (non-hydrogen) atoms. The highest BCUT2D eigenvalue weighted by atomic mass is 16.7. The quantitative estimate of drug-likeness (QED) is 0.344. The maximum absolute atomic E-state index is 11.8. The van der Waals surface area contributed by atoms with E-state index < -0.39 is 23.7 Å². The molecule has 0 fully saturated rings. The van der Waals surface area contributed by atoms with Gasteiger partial charge in [-0.25, -0.2) is 19.2 Å². The van der Waals surface area contributed by atoms with Crippen LogP contribution >= 0.6 is 0 Å². The molecule has 1 atom stereocenters. The third kappa shape index (κ3) is 8.35. The van der Waals surface area contributed by atoms with Gasteiger partial charge in [-0.3, -0.25) is 0 Å². The first-order valence-electron chi connectivity index (χ1n) is 8.52. The number of hydrazone groups is 1. The van der Waals surface area contributed by atoms with Gasteiger partial charge in [0.2, 0.25) is 0 Å². The predicted octanol–water partition coefficient (Wildman–Crippen LogP) is 2.43. The first-order chi connectivity index (χ1) is 12.8. The van der Waals surface area contributed by atoms with E-state index in [-0.39, 0.29) is 19.6 Å². The topological polar surface area (TPSA) is 118 Å². The minimum atomic E-state index is -1.18. The molecule has 2 N–H and O–H groups in total. The van der Waals surface area contributed by atoms with E-state index in [0.717, 1.165) is 10.7 Å². The maximum Gasteiger partial charge on any atom is 0.407 e. The fraction of sp³-hybridized carbons (Fsp3) is 0.500. The molecular weight excluding hydrogens is 354 g/mol. The highest BCUT2D eigenvalue weighted by Crippen LogP contribution is 2.17. The molecule has 1 aromatic carbocycles. The number of carboxylic acids is 1. The molecule has 0 bridgehead atoms. The van der Waals surface area contributed by atoms with Gasteiger partial charge in [0, 0.05) is 0 Å². The SMILES string of the molecule is CCC[C@@H](C(=O)O)N(N=C=O)OC(C)(C)CNC(=O)OCc1ccccc1. The first kappa shape index (κ1) is 22.1. The number of carbonyl (C=O) groups excluding carboxylic acids is 2. The molecule has 9 nitrogen and oxygen atoms in total. The van der Waals surface area contributed by atoms with Gasteiger partial charge in [-0.1, -0.05) is 48.8 Å². The fourth-order valence-electron chi connectivity index (χ4n) is 2.14. The highest BCUT2D eigenvalue weighted by Gasteiger charge is 2.31. The minimum Gasteiger partial charge on any atom is -0.480 e. The Labute approximate surface area is 157 Å². The summed E-state index contributed by atoms with van der Waals surface area (Å²) in [6.07, 6.45) is 1.42. The molecule has 0 saturated heterocycles. The summed E-state index contributed by atoms with van der Waals surface area (Å²) in [5.41, 5.74) is -0.202. The number of amides is 1. The Hall–Kier alpha value is -2.90. The minimum absolute atomic E-state index is 0.00393. The van der Waals surface area contributed by atoms with E-state index in [1.807, 2.05) is 30.3 Å². The van der Waals surface area contributed by atoms with Crippen molar-refractivity contribution < 1.29 is 29.1 Å². The van der Waals surface area contributed by atoms with Crippen LogP contribution in [0.15, 0.2) is 35.4 Å². The lowest BCUT2D eigenvalue weighted by molar-refractivity contribution is -0.255. The monoisotopic (exact) mass is 379 g/mol. The summed E-state index contributed by atoms with van der Waals surface area (Å²) in [6.45, 7) is 5.15. The zero-order valence-electron chi connectivity index (χ0n) is 15.7. The molecule has 0 radical (unpaired) electrons. The molecule has 0 saturated carbocycles. The summed E-state index contributed by atoms with van der Waals surface area (Å²) < 4.78 is 5.10. The molecule has 9 heteroatoms. The molecule has 0 aliphatic carbocycles. The normalized spacial score (nSPS) is 11.8. The van der Waals surface area contributed by atoms with Crippen LogP contribution in [0.25, 0.3) is 0 Å². The van der Waals surface area contributed by atoms with Crippen LogP contribution in [0.5, 0.6) is 0 Å². The van der Waals surface area contributed by atoms with E-state index in [9.17, 15) is 19.5 Å². The molecule has 148 valence electrons. The standard InChI is InChI=1S/C18H25N3O6/c1-4-8-15(16(23)24)21(20-13-22)27-18(2,3)12-19-17(25)26-11-14-9-6-5-7-10-14/h5-7,9-10,15H,4,8,11-12H2,1-3H3,(H,19,25)(H,23,24)/t15-/m0/s1. The summed E-state index contributed by atoms with van der Waals surface area (Å²) in [6, 6.07) is 8.06. The largest absolute Gasteiger partial charge is 0.480 e. The summed E-state index contributed by atoms with van der Waals surface area (Å²) in [5, 5.41) is 15.9. The number of hydrogen-bond acceptors (Lipinski definition) is 7. The van der Waals surface area contributed by atoms with Crippen molar-refractivity contribution in [3.63, 3.8) is 0 Å². The van der Waals surface area contributed by atoms with E-state index in [0.29, 0.717) is 6.42 Å². The number of ether oxygens (including phenoxy) is 1. The van der Waals surface area contributed by atoms with Crippen molar-refractivity contribution in [2.24, 2.45) is 5.10 Å². The van der Waals surface area contributed by atoms with Gasteiger partial charge in [0.05, 0.1) is 6.54 Å². The van der Waals surface area contributed by atoms with Crippen LogP contribution in [0.4, 0.5) is 4.79 Å². The summed E-state index contributed by atoms with van der Waals surface area (Å²) in [4.78, 5) is 39.4. The molecule has 0 spiro atoms. The van der Waals surface area contributed by atoms with Gasteiger partial charge in [-0.15, -0.1) is 5.17 Å². The van der Waals surface area contributed by atoms with Crippen molar-refractivity contribution in [2.75, 3.05) is 6.54 Å². The van der Waals surface area contributed by atoms with Gasteiger partial charge < -0.3 is 15.2 Å². The molecule has 0 aliphatic heterocycles. The van der Waals surface area contributed by atoms with Crippen LogP contribution in [0.3, 0.4) is 0 Å². The number of aliphatic carboxylic acids is 1. The van der Waals surface area contributed by atoms with E-state index in [2.05, 4.69) is 10.4 Å². The van der Waals surface area contributed by atoms with Crippen molar-refractivity contribution >= 4 is 18.1 Å². The lowest BCUT2D eigenvalue weighted by atomic mass is 10.1. The lowest BCUT2D eigenvalue weighted by Crippen LogP contribution is -2.48. The van der Waals surface area contributed by atoms with Gasteiger partial charge in [0.25, 0.3) is 6.08 Å². The summed E-state index contributed by atoms with van der Waals surface area (Å²) in [5.74, 6) is -1.18. The second kappa shape index (κ2) is 10.9. The van der Waals surface area contributed by atoms with Gasteiger partial charge in [-0.2, -0.15) is 0 Å². The van der Waals surface area contributed by atoms with Crippen molar-refractivity contribution in [1.82, 2.24) is 10.5 Å². The number of rotatable bonds is 11. The van der Waals surface area contributed by atoms with Gasteiger partial charge in [-0.05, 0) is 25.8 Å². The first-order valence-corrected chi connectivity index (χ1v) is 8.52. The Morgan fingerprint density at radius 3 is 2.56 bits per heavy atom. The molecular formula is C18H25N3O6. The summed E-state index contributed by atoms with van der Waals surface area (Å²) in [7, 11) is 0. The Bertz CT molecular complexity index is 658. The van der Waals surface area contributed by atoms with Crippen molar-refractivity contribution in [1.29, 1.82) is 0 Å². The van der Waals surface area contributed by atoms with E-state index >= 15 is 0 Å². The van der Waals surface area contributed by atoms with E-state index in [4.69, 9.17) is 9.57 Å². The molecule has 0 aromatic heterocycles. The molecule has 1 aromatic rings. The average Bonchev–Trinajstić information content (AvgIpc) is 2.63. The highest BCUT2D eigenvalue weighted by molar-refractivity contribution is 5.73. The van der Waals surface area contributed by atoms with Crippen LogP contribution in [-0.2, 0) is 25.8 Å². The number of benzene rings is 1. The number of hydrogen-bond donors (Lipinski definition) is 2. The zero-order valence-corrected chi connectivity index (χ0v) is 15.7. The van der Waals surface area contributed by atoms with Crippen LogP contribution in [0.2, 0.25) is 0 Å². The third-order valence-electron chi connectivity index (χ3n) is 3.47. The van der Waals surface area contributed by atoms with Gasteiger partial charge >= 0.3 is 12.1 Å². The second-order valence-electron chi connectivity index (χ2n) is 6.40. The molecule has 1 amide bonds. The number of carbonyl (C=O) groups is 2. The number of hydroxylamine groups is 1. The Balaban J connectivity index is 2.59. The second-order valence-corrected chi connectivity index (χ2v) is 6.40. The van der Waals surface area contributed by atoms with Crippen LogP contribution in [0.1, 0.15) is 39.2 Å². The molecule has 0 unspecified atom stereocenters.